The van der Waals surface area contributed by atoms with Crippen molar-refractivity contribution in [2.75, 3.05) is 20.2 Å². The lowest BCUT2D eigenvalue weighted by atomic mass is 10.0. The highest BCUT2D eigenvalue weighted by Crippen LogP contribution is 2.16. The Morgan fingerprint density at radius 1 is 1.12 bits per heavy atom. The molecule has 136 valence electrons. The van der Waals surface area contributed by atoms with Crippen molar-refractivity contribution in [2.24, 2.45) is 0 Å². The molecule has 1 N–H and O–H groups in total. The third kappa shape index (κ3) is 5.31. The van der Waals surface area contributed by atoms with Crippen molar-refractivity contribution in [3.8, 4) is 0 Å². The number of ether oxygens (including phenoxy) is 1. The van der Waals surface area contributed by atoms with E-state index < -0.39 is 0 Å². The summed E-state index contributed by atoms with van der Waals surface area (Å²) in [5.41, 5.74) is 2.99. The zero-order valence-electron chi connectivity index (χ0n) is 15.1. The number of rotatable bonds is 5. The van der Waals surface area contributed by atoms with E-state index in [1.54, 1.807) is 0 Å². The van der Waals surface area contributed by atoms with Crippen molar-refractivity contribution in [3.05, 3.63) is 34.9 Å². The SMILES string of the molecule is COC(=O)CCC(=O)NC1CCN(C(=O)c2ccc(C)c(C)c2)CC1. The molecule has 1 aromatic carbocycles. The Hall–Kier alpha value is -2.37. The number of methoxy groups -OCH3 is 1. The van der Waals surface area contributed by atoms with Crippen LogP contribution in [0.5, 0.6) is 0 Å². The fraction of sp³-hybridized carbons (Fsp3) is 0.526. The van der Waals surface area contributed by atoms with Gasteiger partial charge in [0.05, 0.1) is 13.5 Å². The van der Waals surface area contributed by atoms with Gasteiger partial charge in [-0.25, -0.2) is 0 Å². The van der Waals surface area contributed by atoms with E-state index in [9.17, 15) is 14.4 Å². The molecule has 25 heavy (non-hydrogen) atoms. The van der Waals surface area contributed by atoms with E-state index in [1.807, 2.05) is 36.9 Å². The van der Waals surface area contributed by atoms with Gasteiger partial charge in [0, 0.05) is 31.1 Å². The number of hydrogen-bond donors (Lipinski definition) is 1. The number of carbonyl (C=O) groups is 3. The van der Waals surface area contributed by atoms with Gasteiger partial charge in [-0.15, -0.1) is 0 Å². The molecule has 1 aliphatic heterocycles. The van der Waals surface area contributed by atoms with Crippen LogP contribution in [0.25, 0.3) is 0 Å². The number of nitrogens with one attached hydrogen (secondary N) is 1. The molecule has 1 heterocycles. The first-order chi connectivity index (χ1) is 11.9. The van der Waals surface area contributed by atoms with Crippen molar-refractivity contribution in [2.45, 2.75) is 45.6 Å². The molecule has 0 spiro atoms. The quantitative estimate of drug-likeness (QED) is 0.827. The first kappa shape index (κ1) is 19.0. The maximum atomic E-state index is 12.6. The van der Waals surface area contributed by atoms with E-state index in [1.165, 1.54) is 12.7 Å². The van der Waals surface area contributed by atoms with Crippen LogP contribution in [0, 0.1) is 13.8 Å². The second-order valence-corrected chi connectivity index (χ2v) is 6.51. The Morgan fingerprint density at radius 2 is 1.80 bits per heavy atom. The molecule has 0 unspecified atom stereocenters. The normalized spacial score (nSPS) is 14.9. The fourth-order valence-corrected chi connectivity index (χ4v) is 2.90. The molecule has 6 nitrogen and oxygen atoms in total. The van der Waals surface area contributed by atoms with Gasteiger partial charge in [0.25, 0.3) is 5.91 Å². The molecule has 0 aliphatic carbocycles. The molecule has 6 heteroatoms. The van der Waals surface area contributed by atoms with Gasteiger partial charge in [-0.05, 0) is 49.9 Å². The number of esters is 1. The third-order valence-corrected chi connectivity index (χ3v) is 4.68. The highest BCUT2D eigenvalue weighted by molar-refractivity contribution is 5.94. The summed E-state index contributed by atoms with van der Waals surface area (Å²) in [5, 5.41) is 2.93. The van der Waals surface area contributed by atoms with Crippen molar-refractivity contribution in [3.63, 3.8) is 0 Å². The van der Waals surface area contributed by atoms with Gasteiger partial charge in [0.1, 0.15) is 0 Å². The maximum Gasteiger partial charge on any atom is 0.306 e. The Labute approximate surface area is 148 Å². The lowest BCUT2D eigenvalue weighted by Gasteiger charge is -2.32. The summed E-state index contributed by atoms with van der Waals surface area (Å²) in [6.07, 6.45) is 1.67. The number of benzene rings is 1. The molecule has 0 saturated carbocycles. The van der Waals surface area contributed by atoms with E-state index in [0.29, 0.717) is 18.7 Å². The van der Waals surface area contributed by atoms with E-state index in [0.717, 1.165) is 18.4 Å². The van der Waals surface area contributed by atoms with Crippen LogP contribution in [0.1, 0.15) is 47.2 Å². The van der Waals surface area contributed by atoms with Crippen LogP contribution >= 0.6 is 0 Å². The predicted octanol–water partition coefficient (Wildman–Crippen LogP) is 1.98. The van der Waals surface area contributed by atoms with Crippen LogP contribution in [0.15, 0.2) is 18.2 Å². The maximum absolute atomic E-state index is 12.6. The Morgan fingerprint density at radius 3 is 2.40 bits per heavy atom. The standard InChI is InChI=1S/C19H26N2O4/c1-13-4-5-15(12-14(13)2)19(24)21-10-8-16(9-11-21)20-17(22)6-7-18(23)25-3/h4-5,12,16H,6-11H2,1-3H3,(H,20,22). The second-order valence-electron chi connectivity index (χ2n) is 6.51. The molecule has 0 aromatic heterocycles. The number of amides is 2. The minimum absolute atomic E-state index is 0.0403. The molecule has 1 aliphatic rings. The topological polar surface area (TPSA) is 75.7 Å². The van der Waals surface area contributed by atoms with Gasteiger partial charge < -0.3 is 15.0 Å². The lowest BCUT2D eigenvalue weighted by molar-refractivity contribution is -0.142. The molecule has 0 bridgehead atoms. The van der Waals surface area contributed by atoms with Gasteiger partial charge in [-0.1, -0.05) is 6.07 Å². The molecular weight excluding hydrogens is 320 g/mol. The van der Waals surface area contributed by atoms with E-state index in [2.05, 4.69) is 10.1 Å². The van der Waals surface area contributed by atoms with Crippen molar-refractivity contribution >= 4 is 17.8 Å². The molecule has 2 rings (SSSR count). The van der Waals surface area contributed by atoms with Crippen LogP contribution < -0.4 is 5.32 Å². The number of aryl methyl sites for hydroxylation is 2. The van der Waals surface area contributed by atoms with Crippen LogP contribution in [0.4, 0.5) is 0 Å². The lowest BCUT2D eigenvalue weighted by Crippen LogP contribution is -2.46. The monoisotopic (exact) mass is 346 g/mol. The molecule has 2 amide bonds. The zero-order valence-corrected chi connectivity index (χ0v) is 15.1. The highest BCUT2D eigenvalue weighted by Gasteiger charge is 2.24. The van der Waals surface area contributed by atoms with E-state index in [-0.39, 0.29) is 36.7 Å². The number of hydrogen-bond acceptors (Lipinski definition) is 4. The second kappa shape index (κ2) is 8.65. The van der Waals surface area contributed by atoms with Gasteiger partial charge in [-0.2, -0.15) is 0 Å². The van der Waals surface area contributed by atoms with Gasteiger partial charge in [0.2, 0.25) is 5.91 Å². The smallest absolute Gasteiger partial charge is 0.306 e. The number of piperidine rings is 1. The third-order valence-electron chi connectivity index (χ3n) is 4.68. The molecule has 0 atom stereocenters. The summed E-state index contributed by atoms with van der Waals surface area (Å²) in [4.78, 5) is 37.3. The van der Waals surface area contributed by atoms with Crippen molar-refractivity contribution < 1.29 is 19.1 Å². The van der Waals surface area contributed by atoms with Crippen molar-refractivity contribution in [1.29, 1.82) is 0 Å². The van der Waals surface area contributed by atoms with E-state index in [4.69, 9.17) is 0 Å². The minimum Gasteiger partial charge on any atom is -0.469 e. The average molecular weight is 346 g/mol. The summed E-state index contributed by atoms with van der Waals surface area (Å²) in [7, 11) is 1.31. The number of likely N-dealkylation sites (tertiary alicyclic amines) is 1. The van der Waals surface area contributed by atoms with Crippen LogP contribution in [0.3, 0.4) is 0 Å². The zero-order chi connectivity index (χ0) is 18.4. The average Bonchev–Trinajstić information content (AvgIpc) is 2.62. The summed E-state index contributed by atoms with van der Waals surface area (Å²) in [6.45, 7) is 5.27. The summed E-state index contributed by atoms with van der Waals surface area (Å²) in [5.74, 6) is -0.494. The minimum atomic E-state index is -0.385. The summed E-state index contributed by atoms with van der Waals surface area (Å²) >= 11 is 0. The predicted molar refractivity (Wildman–Crippen MR) is 94.2 cm³/mol. The van der Waals surface area contributed by atoms with Gasteiger partial charge >= 0.3 is 5.97 Å². The van der Waals surface area contributed by atoms with Crippen molar-refractivity contribution in [1.82, 2.24) is 10.2 Å². The van der Waals surface area contributed by atoms with Crippen LogP contribution in [-0.4, -0.2) is 48.9 Å². The molecule has 0 radical (unpaired) electrons. The van der Waals surface area contributed by atoms with Crippen LogP contribution in [-0.2, 0) is 14.3 Å². The first-order valence-corrected chi connectivity index (χ1v) is 8.63. The molecule has 1 saturated heterocycles. The first-order valence-electron chi connectivity index (χ1n) is 8.63. The van der Waals surface area contributed by atoms with E-state index >= 15 is 0 Å². The van der Waals surface area contributed by atoms with Crippen LogP contribution in [0.2, 0.25) is 0 Å². The molecule has 1 aromatic rings. The van der Waals surface area contributed by atoms with Gasteiger partial charge in [0.15, 0.2) is 0 Å². The molecular formula is C19H26N2O4. The fourth-order valence-electron chi connectivity index (χ4n) is 2.90. The van der Waals surface area contributed by atoms with Gasteiger partial charge in [-0.3, -0.25) is 14.4 Å². The Bertz CT molecular complexity index is 649. The summed E-state index contributed by atoms with van der Waals surface area (Å²) < 4.78 is 4.53. The number of nitrogens with zero attached hydrogens (tertiary/aromatic N) is 1. The Balaban J connectivity index is 1.80. The Kier molecular flexibility index (Phi) is 6.56. The molecule has 1 fully saturated rings. The largest absolute Gasteiger partial charge is 0.469 e. The highest BCUT2D eigenvalue weighted by atomic mass is 16.5. The summed E-state index contributed by atoms with van der Waals surface area (Å²) in [6, 6.07) is 5.81. The number of carbonyl (C=O) groups excluding carboxylic acids is 3.